The Hall–Kier alpha value is -0.570. The smallest absolute Gasteiger partial charge is 0.222 e. The zero-order valence-corrected chi connectivity index (χ0v) is 10.3. The Labute approximate surface area is 92.8 Å². The number of carbonyl (C=O) groups is 1. The van der Waals surface area contributed by atoms with Crippen molar-refractivity contribution in [2.75, 3.05) is 0 Å². The van der Waals surface area contributed by atoms with Crippen molar-refractivity contribution < 1.29 is 4.79 Å². The lowest BCUT2D eigenvalue weighted by Crippen LogP contribution is -2.43. The molecule has 3 atom stereocenters. The third kappa shape index (κ3) is 3.82. The Morgan fingerprint density at radius 1 is 1.40 bits per heavy atom. The number of amides is 1. The molecule has 1 amide bonds. The maximum atomic E-state index is 11.7. The highest BCUT2D eigenvalue weighted by Gasteiger charge is 2.31. The van der Waals surface area contributed by atoms with Gasteiger partial charge in [-0.3, -0.25) is 4.79 Å². The molecule has 0 aromatic carbocycles. The minimum absolute atomic E-state index is 0.0912. The Kier molecular flexibility index (Phi) is 3.77. The van der Waals surface area contributed by atoms with Crippen LogP contribution in [0.1, 0.15) is 47.0 Å². The third-order valence-electron chi connectivity index (χ3n) is 3.43. The minimum atomic E-state index is -0.405. The largest absolute Gasteiger partial charge is 0.353 e. The summed E-state index contributed by atoms with van der Waals surface area (Å²) in [6.45, 7) is 8.24. The SMILES string of the molecule is CC1CCC(NC(=O)CC(C)(C)N)C1C. The van der Waals surface area contributed by atoms with Gasteiger partial charge in [0.25, 0.3) is 0 Å². The van der Waals surface area contributed by atoms with Crippen LogP contribution in [0.25, 0.3) is 0 Å². The predicted octanol–water partition coefficient (Wildman–Crippen LogP) is 1.66. The van der Waals surface area contributed by atoms with E-state index < -0.39 is 5.54 Å². The maximum Gasteiger partial charge on any atom is 0.222 e. The van der Waals surface area contributed by atoms with Gasteiger partial charge in [-0.2, -0.15) is 0 Å². The molecule has 3 heteroatoms. The van der Waals surface area contributed by atoms with Gasteiger partial charge in [0.15, 0.2) is 0 Å². The lowest BCUT2D eigenvalue weighted by atomic mass is 9.97. The number of carbonyl (C=O) groups excluding carboxylic acids is 1. The molecular formula is C12H24N2O. The van der Waals surface area contributed by atoms with Gasteiger partial charge in [0.2, 0.25) is 5.91 Å². The fourth-order valence-corrected chi connectivity index (χ4v) is 2.24. The molecular weight excluding hydrogens is 188 g/mol. The van der Waals surface area contributed by atoms with Crippen molar-refractivity contribution in [2.45, 2.75) is 58.5 Å². The molecule has 0 aliphatic heterocycles. The fourth-order valence-electron chi connectivity index (χ4n) is 2.24. The molecule has 1 rings (SSSR count). The van der Waals surface area contributed by atoms with Gasteiger partial charge in [0.05, 0.1) is 0 Å². The summed E-state index contributed by atoms with van der Waals surface area (Å²) in [6, 6.07) is 0.356. The molecule has 0 heterocycles. The lowest BCUT2D eigenvalue weighted by molar-refractivity contribution is -0.122. The first-order valence-electron chi connectivity index (χ1n) is 5.88. The second kappa shape index (κ2) is 4.52. The van der Waals surface area contributed by atoms with E-state index in [0.717, 1.165) is 12.3 Å². The number of nitrogens with two attached hydrogens (primary N) is 1. The second-order valence-electron chi connectivity index (χ2n) is 5.75. The molecule has 0 spiro atoms. The predicted molar refractivity (Wildman–Crippen MR) is 62.4 cm³/mol. The van der Waals surface area contributed by atoms with Crippen LogP contribution < -0.4 is 11.1 Å². The molecule has 15 heavy (non-hydrogen) atoms. The van der Waals surface area contributed by atoms with Gasteiger partial charge in [-0.25, -0.2) is 0 Å². The normalized spacial score (nSPS) is 31.7. The average Bonchev–Trinajstić information content (AvgIpc) is 2.32. The van der Waals surface area contributed by atoms with Gasteiger partial charge >= 0.3 is 0 Å². The molecule has 1 fully saturated rings. The highest BCUT2D eigenvalue weighted by Crippen LogP contribution is 2.31. The highest BCUT2D eigenvalue weighted by molar-refractivity contribution is 5.77. The number of rotatable bonds is 3. The van der Waals surface area contributed by atoms with Crippen LogP contribution >= 0.6 is 0 Å². The van der Waals surface area contributed by atoms with Crippen molar-refractivity contribution in [3.05, 3.63) is 0 Å². The van der Waals surface area contributed by atoms with Crippen LogP contribution in [0, 0.1) is 11.8 Å². The van der Waals surface area contributed by atoms with Crippen molar-refractivity contribution in [3.63, 3.8) is 0 Å². The first kappa shape index (κ1) is 12.5. The van der Waals surface area contributed by atoms with E-state index in [1.54, 1.807) is 0 Å². The third-order valence-corrected chi connectivity index (χ3v) is 3.43. The van der Waals surface area contributed by atoms with E-state index >= 15 is 0 Å². The summed E-state index contributed by atoms with van der Waals surface area (Å²) >= 11 is 0. The Morgan fingerprint density at radius 3 is 2.40 bits per heavy atom. The standard InChI is InChI=1S/C12H24N2O/c1-8-5-6-10(9(8)2)14-11(15)7-12(3,4)13/h8-10H,5-7,13H2,1-4H3,(H,14,15). The van der Waals surface area contributed by atoms with Crippen molar-refractivity contribution in [3.8, 4) is 0 Å². The molecule has 88 valence electrons. The van der Waals surface area contributed by atoms with Crippen molar-refractivity contribution >= 4 is 5.91 Å². The Morgan fingerprint density at radius 2 is 2.00 bits per heavy atom. The van der Waals surface area contributed by atoms with E-state index in [9.17, 15) is 4.79 Å². The number of nitrogens with one attached hydrogen (secondary N) is 1. The molecule has 0 aromatic rings. The summed E-state index contributed by atoms with van der Waals surface area (Å²) in [7, 11) is 0. The van der Waals surface area contributed by atoms with Crippen LogP contribution in [0.3, 0.4) is 0 Å². The van der Waals surface area contributed by atoms with Gasteiger partial charge in [-0.05, 0) is 38.5 Å². The van der Waals surface area contributed by atoms with Crippen LogP contribution in [0.15, 0.2) is 0 Å². The Balaban J connectivity index is 2.39. The molecule has 1 saturated carbocycles. The van der Waals surface area contributed by atoms with Crippen LogP contribution in [-0.2, 0) is 4.79 Å². The molecule has 1 aliphatic rings. The monoisotopic (exact) mass is 212 g/mol. The highest BCUT2D eigenvalue weighted by atomic mass is 16.1. The number of hydrogen-bond donors (Lipinski definition) is 2. The van der Waals surface area contributed by atoms with E-state index in [1.165, 1.54) is 6.42 Å². The van der Waals surface area contributed by atoms with Crippen LogP contribution in [0.4, 0.5) is 0 Å². The van der Waals surface area contributed by atoms with E-state index in [1.807, 2.05) is 13.8 Å². The molecule has 1 aliphatic carbocycles. The lowest BCUT2D eigenvalue weighted by Gasteiger charge is -2.23. The first-order valence-corrected chi connectivity index (χ1v) is 5.88. The summed E-state index contributed by atoms with van der Waals surface area (Å²) in [4.78, 5) is 11.7. The van der Waals surface area contributed by atoms with Crippen molar-refractivity contribution in [1.29, 1.82) is 0 Å². The van der Waals surface area contributed by atoms with Gasteiger partial charge in [0.1, 0.15) is 0 Å². The van der Waals surface area contributed by atoms with Gasteiger partial charge in [-0.15, -0.1) is 0 Å². The summed E-state index contributed by atoms with van der Waals surface area (Å²) in [5.74, 6) is 1.41. The van der Waals surface area contributed by atoms with E-state index in [0.29, 0.717) is 18.4 Å². The summed E-state index contributed by atoms with van der Waals surface area (Å²) in [6.07, 6.45) is 2.74. The first-order chi connectivity index (χ1) is 6.79. The number of hydrogen-bond acceptors (Lipinski definition) is 2. The average molecular weight is 212 g/mol. The summed E-state index contributed by atoms with van der Waals surface area (Å²) in [5, 5.41) is 3.10. The van der Waals surface area contributed by atoms with Crippen LogP contribution in [-0.4, -0.2) is 17.5 Å². The second-order valence-corrected chi connectivity index (χ2v) is 5.75. The molecule has 0 bridgehead atoms. The zero-order valence-electron chi connectivity index (χ0n) is 10.3. The topological polar surface area (TPSA) is 55.1 Å². The quantitative estimate of drug-likeness (QED) is 0.747. The molecule has 0 radical (unpaired) electrons. The summed E-state index contributed by atoms with van der Waals surface area (Å²) < 4.78 is 0. The zero-order chi connectivity index (χ0) is 11.6. The van der Waals surface area contributed by atoms with Crippen LogP contribution in [0.5, 0.6) is 0 Å². The minimum Gasteiger partial charge on any atom is -0.353 e. The molecule has 3 unspecified atom stereocenters. The van der Waals surface area contributed by atoms with E-state index in [4.69, 9.17) is 5.73 Å². The molecule has 0 saturated heterocycles. The van der Waals surface area contributed by atoms with Crippen LogP contribution in [0.2, 0.25) is 0 Å². The fraction of sp³-hybridized carbons (Fsp3) is 0.917. The maximum absolute atomic E-state index is 11.7. The summed E-state index contributed by atoms with van der Waals surface area (Å²) in [5.41, 5.74) is 5.41. The van der Waals surface area contributed by atoms with Crippen molar-refractivity contribution in [1.82, 2.24) is 5.32 Å². The van der Waals surface area contributed by atoms with E-state index in [-0.39, 0.29) is 5.91 Å². The van der Waals surface area contributed by atoms with Gasteiger partial charge < -0.3 is 11.1 Å². The molecule has 0 aromatic heterocycles. The Bertz CT molecular complexity index is 232. The van der Waals surface area contributed by atoms with E-state index in [2.05, 4.69) is 19.2 Å². The molecule has 3 nitrogen and oxygen atoms in total. The molecule has 3 N–H and O–H groups in total. The van der Waals surface area contributed by atoms with Crippen molar-refractivity contribution in [2.24, 2.45) is 17.6 Å². The van der Waals surface area contributed by atoms with Gasteiger partial charge in [-0.1, -0.05) is 13.8 Å². The van der Waals surface area contributed by atoms with Gasteiger partial charge in [0, 0.05) is 18.0 Å².